The summed E-state index contributed by atoms with van der Waals surface area (Å²) in [4.78, 5) is 16.3. The van der Waals surface area contributed by atoms with Gasteiger partial charge in [-0.3, -0.25) is 9.69 Å². The van der Waals surface area contributed by atoms with Crippen LogP contribution in [0.1, 0.15) is 77.3 Å². The van der Waals surface area contributed by atoms with E-state index in [0.29, 0.717) is 37.9 Å². The highest BCUT2D eigenvalue weighted by Gasteiger charge is 2.44. The lowest BCUT2D eigenvalue weighted by Gasteiger charge is -2.34. The molecule has 6 heteroatoms. The van der Waals surface area contributed by atoms with Gasteiger partial charge in [-0.05, 0) is 94.1 Å². The van der Waals surface area contributed by atoms with Crippen molar-refractivity contribution in [2.75, 3.05) is 33.5 Å². The molecule has 2 atom stereocenters. The van der Waals surface area contributed by atoms with Crippen molar-refractivity contribution in [3.05, 3.63) is 58.7 Å². The number of Topliss-reactive ketones (excluding diaryl/α,β-unsaturated/α-hetero) is 1. The molecule has 2 aliphatic rings. The van der Waals surface area contributed by atoms with Crippen LogP contribution in [0.4, 0.5) is 0 Å². The van der Waals surface area contributed by atoms with Crippen molar-refractivity contribution in [2.24, 2.45) is 0 Å². The van der Waals surface area contributed by atoms with Crippen molar-refractivity contribution in [3.63, 3.8) is 0 Å². The molecule has 4 rings (SSSR count). The first-order valence-corrected chi connectivity index (χ1v) is 15.0. The highest BCUT2D eigenvalue weighted by atomic mass is 16.5. The molecule has 0 radical (unpaired) electrons. The Hall–Kier alpha value is -3.25. The first-order chi connectivity index (χ1) is 19.5. The van der Waals surface area contributed by atoms with Gasteiger partial charge in [-0.1, -0.05) is 38.8 Å². The van der Waals surface area contributed by atoms with Gasteiger partial charge in [-0.15, -0.1) is 0 Å². The molecule has 2 fully saturated rings. The molecule has 2 aliphatic heterocycles. The van der Waals surface area contributed by atoms with E-state index in [0.717, 1.165) is 72.3 Å². The van der Waals surface area contributed by atoms with Crippen molar-refractivity contribution in [3.8, 4) is 23.0 Å². The van der Waals surface area contributed by atoms with Crippen molar-refractivity contribution in [1.29, 1.82) is 0 Å². The second kappa shape index (κ2) is 14.4. The summed E-state index contributed by atoms with van der Waals surface area (Å²) in [6.07, 6.45) is 10.1. The minimum Gasteiger partial charge on any atom is -0.490 e. The van der Waals surface area contributed by atoms with Crippen molar-refractivity contribution < 1.29 is 23.7 Å². The molecule has 0 amide bonds. The van der Waals surface area contributed by atoms with Crippen LogP contribution >= 0.6 is 0 Å². The number of likely N-dealkylation sites (N-methyl/N-ethyl adjacent to an activating group) is 1. The molecule has 0 N–H and O–H groups in total. The molecule has 2 bridgehead atoms. The molecular formula is C34H45NO5. The number of unbranched alkanes of at least 4 members (excludes halogenated alkanes) is 2. The van der Waals surface area contributed by atoms with E-state index < -0.39 is 0 Å². The maximum absolute atomic E-state index is 14.0. The zero-order valence-electron chi connectivity index (χ0n) is 24.8. The first kappa shape index (κ1) is 29.7. The van der Waals surface area contributed by atoms with Gasteiger partial charge in [0, 0.05) is 23.2 Å². The second-order valence-corrected chi connectivity index (χ2v) is 10.5. The lowest BCUT2D eigenvalue weighted by molar-refractivity contribution is -0.114. The Bertz CT molecular complexity index is 1130. The average Bonchev–Trinajstić information content (AvgIpc) is 3.26. The first-order valence-electron chi connectivity index (χ1n) is 15.0. The van der Waals surface area contributed by atoms with Crippen LogP contribution in [-0.4, -0.2) is 56.2 Å². The number of hydrogen-bond donors (Lipinski definition) is 0. The van der Waals surface area contributed by atoms with E-state index in [4.69, 9.17) is 18.9 Å². The molecule has 0 aromatic heterocycles. The lowest BCUT2D eigenvalue weighted by Crippen LogP contribution is -2.43. The van der Waals surface area contributed by atoms with Crippen LogP contribution in [0.5, 0.6) is 23.0 Å². The summed E-state index contributed by atoms with van der Waals surface area (Å²) in [6, 6.07) is 12.1. The number of hydrogen-bond acceptors (Lipinski definition) is 6. The maximum Gasteiger partial charge on any atom is 0.188 e. The largest absolute Gasteiger partial charge is 0.490 e. The number of rotatable bonds is 14. The summed E-state index contributed by atoms with van der Waals surface area (Å²) in [6.45, 7) is 10.7. The van der Waals surface area contributed by atoms with Crippen LogP contribution in [-0.2, 0) is 4.79 Å². The summed E-state index contributed by atoms with van der Waals surface area (Å²) in [5.74, 6) is 3.05. The van der Waals surface area contributed by atoms with Crippen LogP contribution in [0.15, 0.2) is 47.5 Å². The van der Waals surface area contributed by atoms with Crippen LogP contribution < -0.4 is 18.9 Å². The third kappa shape index (κ3) is 6.90. The van der Waals surface area contributed by atoms with Gasteiger partial charge in [0.25, 0.3) is 0 Å². The fourth-order valence-corrected chi connectivity index (χ4v) is 5.50. The van der Waals surface area contributed by atoms with E-state index >= 15 is 0 Å². The maximum atomic E-state index is 14.0. The number of piperidine rings is 1. The molecular weight excluding hydrogens is 502 g/mol. The highest BCUT2D eigenvalue weighted by molar-refractivity contribution is 6.16. The fraction of sp³-hybridized carbons (Fsp3) is 0.500. The third-order valence-corrected chi connectivity index (χ3v) is 7.63. The predicted molar refractivity (Wildman–Crippen MR) is 162 cm³/mol. The number of ether oxygens (including phenoxy) is 4. The monoisotopic (exact) mass is 547 g/mol. The number of carbonyl (C=O) groups is 1. The van der Waals surface area contributed by atoms with Crippen molar-refractivity contribution in [2.45, 2.75) is 78.3 Å². The summed E-state index contributed by atoms with van der Waals surface area (Å²) < 4.78 is 23.7. The topological polar surface area (TPSA) is 57.2 Å². The van der Waals surface area contributed by atoms with Gasteiger partial charge in [-0.25, -0.2) is 0 Å². The molecule has 2 heterocycles. The Balaban J connectivity index is 1.64. The predicted octanol–water partition coefficient (Wildman–Crippen LogP) is 7.35. The molecule has 0 aliphatic carbocycles. The molecule has 6 nitrogen and oxygen atoms in total. The molecule has 2 aromatic rings. The molecule has 216 valence electrons. The van der Waals surface area contributed by atoms with Crippen LogP contribution in [0.3, 0.4) is 0 Å². The standard InChI is InChI=1S/C34H45NO5/c1-6-10-18-39-30-16-12-24(22-32(30)37-8-3)20-26-28-14-15-29(35(28)5)27(34(26)36)21-25-13-17-31(40-19-11-7-2)33(23-25)38-9-4/h12-13,16-17,20-23,28-29H,6-11,14-15,18-19H2,1-5H3/b26-20+,27-21+/t28-,29-/m1/s1. The van der Waals surface area contributed by atoms with E-state index in [2.05, 4.69) is 25.8 Å². The molecule has 0 unspecified atom stereocenters. The van der Waals surface area contributed by atoms with Gasteiger partial charge in [-0.2, -0.15) is 0 Å². The van der Waals surface area contributed by atoms with Crippen LogP contribution in [0, 0.1) is 0 Å². The molecule has 2 aromatic carbocycles. The van der Waals surface area contributed by atoms with E-state index in [-0.39, 0.29) is 17.9 Å². The van der Waals surface area contributed by atoms with Crippen LogP contribution in [0.2, 0.25) is 0 Å². The third-order valence-electron chi connectivity index (χ3n) is 7.63. The van der Waals surface area contributed by atoms with Gasteiger partial charge >= 0.3 is 0 Å². The van der Waals surface area contributed by atoms with Gasteiger partial charge < -0.3 is 18.9 Å². The number of ketones is 1. The van der Waals surface area contributed by atoms with Gasteiger partial charge in [0.2, 0.25) is 0 Å². The van der Waals surface area contributed by atoms with Gasteiger partial charge in [0.05, 0.1) is 26.4 Å². The average molecular weight is 548 g/mol. The number of benzene rings is 2. The SMILES string of the molecule is CCCCOc1ccc(/C=C2/C(=O)/C(=C/c3ccc(OCCCC)c(OCC)c3)[C@H]3CC[C@H]2N3C)cc1OCC. The zero-order valence-corrected chi connectivity index (χ0v) is 24.8. The van der Waals surface area contributed by atoms with E-state index in [9.17, 15) is 4.79 Å². The fourth-order valence-electron chi connectivity index (χ4n) is 5.50. The Morgan fingerprint density at radius 3 is 1.55 bits per heavy atom. The summed E-state index contributed by atoms with van der Waals surface area (Å²) in [5, 5.41) is 0. The number of nitrogens with zero attached hydrogens (tertiary/aromatic N) is 1. The Labute approximate surface area is 240 Å². The molecule has 40 heavy (non-hydrogen) atoms. The minimum atomic E-state index is 0.110. The smallest absolute Gasteiger partial charge is 0.188 e. The summed E-state index contributed by atoms with van der Waals surface area (Å²) >= 11 is 0. The minimum absolute atomic E-state index is 0.110. The second-order valence-electron chi connectivity index (χ2n) is 10.5. The van der Waals surface area contributed by atoms with Gasteiger partial charge in [0.1, 0.15) is 0 Å². The van der Waals surface area contributed by atoms with Crippen molar-refractivity contribution >= 4 is 17.9 Å². The summed E-state index contributed by atoms with van der Waals surface area (Å²) in [5.41, 5.74) is 3.54. The zero-order chi connectivity index (χ0) is 28.5. The number of carbonyl (C=O) groups excluding carboxylic acids is 1. The lowest BCUT2D eigenvalue weighted by atomic mass is 9.88. The number of fused-ring (bicyclic) bond motifs is 2. The quantitative estimate of drug-likeness (QED) is 0.182. The molecule has 2 saturated heterocycles. The van der Waals surface area contributed by atoms with Crippen molar-refractivity contribution in [1.82, 2.24) is 4.90 Å². The van der Waals surface area contributed by atoms with E-state index in [1.54, 1.807) is 0 Å². The normalized spacial score (nSPS) is 20.8. The Kier molecular flexibility index (Phi) is 10.7. The highest BCUT2D eigenvalue weighted by Crippen LogP contribution is 2.41. The Morgan fingerprint density at radius 2 is 1.15 bits per heavy atom. The van der Waals surface area contributed by atoms with E-state index in [1.807, 2.05) is 62.4 Å². The van der Waals surface area contributed by atoms with Crippen LogP contribution in [0.25, 0.3) is 12.2 Å². The Morgan fingerprint density at radius 1 is 0.700 bits per heavy atom. The molecule has 0 spiro atoms. The summed E-state index contributed by atoms with van der Waals surface area (Å²) in [7, 11) is 2.13. The van der Waals surface area contributed by atoms with E-state index in [1.165, 1.54) is 0 Å². The van der Waals surface area contributed by atoms with Gasteiger partial charge in [0.15, 0.2) is 28.8 Å². The molecule has 0 saturated carbocycles.